The Labute approximate surface area is 272 Å². The minimum absolute atomic E-state index is 0.285. The summed E-state index contributed by atoms with van der Waals surface area (Å²) >= 11 is 0. The van der Waals surface area contributed by atoms with Crippen LogP contribution >= 0.6 is 0 Å². The van der Waals surface area contributed by atoms with E-state index >= 15 is 0 Å². The topological polar surface area (TPSA) is 3.24 Å². The van der Waals surface area contributed by atoms with E-state index in [1.54, 1.807) is 0 Å². The highest BCUT2D eigenvalue weighted by molar-refractivity contribution is 5.90. The first kappa shape index (κ1) is 27.9. The lowest BCUT2D eigenvalue weighted by molar-refractivity contribution is 0.727. The number of fused-ring (bicyclic) bond motifs is 3. The van der Waals surface area contributed by atoms with Crippen molar-refractivity contribution in [2.75, 3.05) is 4.90 Å². The van der Waals surface area contributed by atoms with Crippen LogP contribution in [0.1, 0.15) is 29.0 Å². The van der Waals surface area contributed by atoms with Gasteiger partial charge in [0.05, 0.1) is 0 Å². The van der Waals surface area contributed by atoms with Crippen LogP contribution in [0.15, 0.2) is 182 Å². The minimum Gasteiger partial charge on any atom is -0.310 e. The molecule has 0 saturated carbocycles. The van der Waals surface area contributed by atoms with Crippen LogP contribution in [0.2, 0.25) is 0 Å². The van der Waals surface area contributed by atoms with Gasteiger partial charge >= 0.3 is 0 Å². The molecule has 46 heavy (non-hydrogen) atoms. The van der Waals surface area contributed by atoms with Crippen LogP contribution < -0.4 is 4.90 Å². The number of hydrogen-bond donors (Lipinski definition) is 0. The first-order valence-corrected chi connectivity index (χ1v) is 16.2. The van der Waals surface area contributed by atoms with Crippen molar-refractivity contribution >= 4 is 17.1 Å². The van der Waals surface area contributed by atoms with Crippen molar-refractivity contribution in [3.05, 3.63) is 199 Å². The normalized spacial score (nSPS) is 13.7. The molecule has 1 nitrogen and oxygen atoms in total. The molecule has 7 aromatic rings. The van der Waals surface area contributed by atoms with Crippen LogP contribution in [-0.4, -0.2) is 0 Å². The van der Waals surface area contributed by atoms with E-state index in [4.69, 9.17) is 0 Å². The first-order valence-electron chi connectivity index (χ1n) is 16.2. The second-order valence-electron chi connectivity index (χ2n) is 12.0. The molecule has 0 radical (unpaired) electrons. The number of rotatable bonds is 6. The molecule has 0 aliphatic heterocycles. The van der Waals surface area contributed by atoms with Crippen LogP contribution in [0.5, 0.6) is 0 Å². The van der Waals surface area contributed by atoms with Gasteiger partial charge in [0, 0.05) is 23.0 Å². The number of aryl methyl sites for hydroxylation is 1. The van der Waals surface area contributed by atoms with E-state index in [1.165, 1.54) is 50.1 Å². The molecule has 1 aliphatic rings. The summed E-state index contributed by atoms with van der Waals surface area (Å²) in [7, 11) is 0. The van der Waals surface area contributed by atoms with Crippen molar-refractivity contribution in [1.29, 1.82) is 0 Å². The minimum atomic E-state index is 0.285. The summed E-state index contributed by atoms with van der Waals surface area (Å²) in [5.41, 5.74) is 15.4. The second-order valence-corrected chi connectivity index (χ2v) is 12.0. The molecule has 220 valence electrons. The van der Waals surface area contributed by atoms with E-state index in [1.807, 2.05) is 0 Å². The van der Waals surface area contributed by atoms with Gasteiger partial charge in [0.1, 0.15) is 0 Å². The van der Waals surface area contributed by atoms with E-state index in [-0.39, 0.29) is 5.92 Å². The summed E-state index contributed by atoms with van der Waals surface area (Å²) in [5, 5.41) is 0. The Morgan fingerprint density at radius 3 is 1.50 bits per heavy atom. The summed E-state index contributed by atoms with van der Waals surface area (Å²) in [4.78, 5) is 2.35. The average Bonchev–Trinajstić information content (AvgIpc) is 3.30. The lowest BCUT2D eigenvalue weighted by Crippen LogP contribution is -2.10. The third-order valence-corrected chi connectivity index (χ3v) is 9.35. The van der Waals surface area contributed by atoms with Gasteiger partial charge in [-0.15, -0.1) is 0 Å². The van der Waals surface area contributed by atoms with Gasteiger partial charge in [-0.2, -0.15) is 0 Å². The number of para-hydroxylation sites is 2. The molecule has 0 heterocycles. The number of hydrogen-bond acceptors (Lipinski definition) is 1. The quantitative estimate of drug-likeness (QED) is 0.186. The van der Waals surface area contributed by atoms with E-state index in [0.29, 0.717) is 0 Å². The van der Waals surface area contributed by atoms with Gasteiger partial charge in [0.25, 0.3) is 0 Å². The fourth-order valence-corrected chi connectivity index (χ4v) is 7.24. The van der Waals surface area contributed by atoms with Gasteiger partial charge in [-0.1, -0.05) is 146 Å². The van der Waals surface area contributed by atoms with Gasteiger partial charge in [-0.25, -0.2) is 0 Å². The maximum Gasteiger partial charge on any atom is 0.0468 e. The van der Waals surface area contributed by atoms with Gasteiger partial charge in [-0.05, 0) is 99.3 Å². The highest BCUT2D eigenvalue weighted by atomic mass is 15.1. The molecule has 0 fully saturated rings. The Bertz CT molecular complexity index is 2060. The van der Waals surface area contributed by atoms with Crippen LogP contribution in [0.4, 0.5) is 17.1 Å². The molecular formula is C45H35N. The van der Waals surface area contributed by atoms with Crippen LogP contribution in [0, 0.1) is 0 Å². The maximum absolute atomic E-state index is 2.37. The number of nitrogens with zero attached hydrogens (tertiary/aromatic N) is 1. The van der Waals surface area contributed by atoms with Crippen molar-refractivity contribution in [2.24, 2.45) is 0 Å². The Kier molecular flexibility index (Phi) is 7.50. The monoisotopic (exact) mass is 589 g/mol. The molecule has 0 amide bonds. The lowest BCUT2D eigenvalue weighted by atomic mass is 9.81. The molecule has 0 spiro atoms. The largest absolute Gasteiger partial charge is 0.310 e. The van der Waals surface area contributed by atoms with E-state index < -0.39 is 0 Å². The summed E-state index contributed by atoms with van der Waals surface area (Å²) in [6, 6.07) is 66.2. The molecule has 1 aliphatic carbocycles. The zero-order valence-electron chi connectivity index (χ0n) is 25.8. The summed E-state index contributed by atoms with van der Waals surface area (Å²) in [6.07, 6.45) is 2.12. The fraction of sp³-hybridized carbons (Fsp3) is 0.0667. The van der Waals surface area contributed by atoms with Crippen molar-refractivity contribution < 1.29 is 0 Å². The van der Waals surface area contributed by atoms with Crippen LogP contribution in [-0.2, 0) is 6.42 Å². The summed E-state index contributed by atoms with van der Waals surface area (Å²) < 4.78 is 0. The Morgan fingerprint density at radius 1 is 0.370 bits per heavy atom. The van der Waals surface area contributed by atoms with Crippen LogP contribution in [0.3, 0.4) is 0 Å². The molecular weight excluding hydrogens is 555 g/mol. The van der Waals surface area contributed by atoms with E-state index in [9.17, 15) is 0 Å². The summed E-state index contributed by atoms with van der Waals surface area (Å²) in [5.74, 6) is 0.285. The molecule has 1 atom stereocenters. The molecule has 1 heteroatoms. The SMILES string of the molecule is c1ccc(-c2cc(N(c3ccccc3)c3ccccc3)ccc2-c2ccccc2C2CCc3ccccc3-c3ccccc32)cc1. The first-order chi connectivity index (χ1) is 22.8. The fourth-order valence-electron chi connectivity index (χ4n) is 7.24. The Morgan fingerprint density at radius 2 is 0.870 bits per heavy atom. The third-order valence-electron chi connectivity index (χ3n) is 9.35. The maximum atomic E-state index is 2.37. The van der Waals surface area contributed by atoms with Gasteiger partial charge in [-0.3, -0.25) is 0 Å². The molecule has 8 rings (SSSR count). The van der Waals surface area contributed by atoms with Gasteiger partial charge in [0.2, 0.25) is 0 Å². The van der Waals surface area contributed by atoms with Gasteiger partial charge in [0.15, 0.2) is 0 Å². The third kappa shape index (κ3) is 5.21. The smallest absolute Gasteiger partial charge is 0.0468 e. The molecule has 0 N–H and O–H groups in total. The molecule has 1 unspecified atom stereocenters. The number of anilines is 3. The standard InChI is InChI=1S/C45H35N/c1-4-16-33(17-5-1)45-32-37(46(35-19-6-2-7-20-35)36-21-8-3-9-22-36)29-31-44(45)42-27-15-14-26-41(42)43-30-28-34-18-10-11-23-38(34)39-24-12-13-25-40(39)43/h1-27,29,31-32,43H,28,30H2. The van der Waals surface area contributed by atoms with Crippen molar-refractivity contribution in [3.63, 3.8) is 0 Å². The van der Waals surface area contributed by atoms with Crippen LogP contribution in [0.25, 0.3) is 33.4 Å². The van der Waals surface area contributed by atoms with Crippen molar-refractivity contribution in [1.82, 2.24) is 0 Å². The zero-order chi connectivity index (χ0) is 30.7. The Hall–Kier alpha value is -5.66. The van der Waals surface area contributed by atoms with E-state index in [0.717, 1.165) is 29.9 Å². The van der Waals surface area contributed by atoms with Crippen molar-refractivity contribution in [2.45, 2.75) is 18.8 Å². The predicted octanol–water partition coefficient (Wildman–Crippen LogP) is 12.2. The average molecular weight is 590 g/mol. The zero-order valence-corrected chi connectivity index (χ0v) is 25.8. The molecule has 0 bridgehead atoms. The lowest BCUT2D eigenvalue weighted by Gasteiger charge is -2.27. The van der Waals surface area contributed by atoms with Gasteiger partial charge < -0.3 is 4.90 Å². The van der Waals surface area contributed by atoms with Crippen molar-refractivity contribution in [3.8, 4) is 33.4 Å². The molecule has 0 saturated heterocycles. The molecule has 7 aromatic carbocycles. The number of benzene rings is 7. The predicted molar refractivity (Wildman–Crippen MR) is 194 cm³/mol. The summed E-state index contributed by atoms with van der Waals surface area (Å²) in [6.45, 7) is 0. The molecule has 0 aromatic heterocycles. The van der Waals surface area contributed by atoms with E-state index in [2.05, 4.69) is 187 Å². The second kappa shape index (κ2) is 12.4. The highest BCUT2D eigenvalue weighted by Crippen LogP contribution is 2.46. The Balaban J connectivity index is 1.31. The highest BCUT2D eigenvalue weighted by Gasteiger charge is 2.26.